The Balaban J connectivity index is 1.69. The van der Waals surface area contributed by atoms with Crippen molar-refractivity contribution in [3.05, 3.63) is 30.3 Å². The molecule has 24 heavy (non-hydrogen) atoms. The van der Waals surface area contributed by atoms with E-state index in [2.05, 4.69) is 0 Å². The monoisotopic (exact) mass is 333 g/mol. The van der Waals surface area contributed by atoms with E-state index in [4.69, 9.17) is 4.74 Å². The van der Waals surface area contributed by atoms with E-state index in [9.17, 15) is 19.5 Å². The number of aliphatic carboxylic acids is 1. The average molecular weight is 333 g/mol. The van der Waals surface area contributed by atoms with Gasteiger partial charge in [0.1, 0.15) is 5.75 Å². The van der Waals surface area contributed by atoms with Crippen molar-refractivity contribution in [3.63, 3.8) is 0 Å². The molecular weight excluding hydrogens is 312 g/mol. The summed E-state index contributed by atoms with van der Waals surface area (Å²) in [5.41, 5.74) is 0. The second kappa shape index (κ2) is 8.90. The Labute approximate surface area is 140 Å². The van der Waals surface area contributed by atoms with Gasteiger partial charge in [-0.25, -0.2) is 0 Å². The molecular formula is C17H21N2O5-. The predicted molar refractivity (Wildman–Crippen MR) is 84.0 cm³/mol. The summed E-state index contributed by atoms with van der Waals surface area (Å²) in [4.78, 5) is 37.8. The van der Waals surface area contributed by atoms with Crippen LogP contribution in [0.25, 0.3) is 0 Å². The number of para-hydroxylation sites is 1. The number of hydrogen-bond donors (Lipinski definition) is 0. The summed E-state index contributed by atoms with van der Waals surface area (Å²) in [6.07, 6.45) is 0.366. The van der Waals surface area contributed by atoms with Gasteiger partial charge in [-0.2, -0.15) is 0 Å². The van der Waals surface area contributed by atoms with Crippen LogP contribution in [0.4, 0.5) is 0 Å². The fourth-order valence-corrected chi connectivity index (χ4v) is 2.50. The molecule has 1 heterocycles. The Hall–Kier alpha value is -2.57. The molecule has 130 valence electrons. The SMILES string of the molecule is O=C([O-])CCCC(=O)N1CCN(C(=O)COc2ccccc2)CC1. The normalized spacial score (nSPS) is 14.3. The Bertz CT molecular complexity index is 568. The number of piperazine rings is 1. The Morgan fingerprint density at radius 1 is 0.917 bits per heavy atom. The van der Waals surface area contributed by atoms with Gasteiger partial charge in [0.05, 0.1) is 0 Å². The molecule has 0 bridgehead atoms. The highest BCUT2D eigenvalue weighted by Gasteiger charge is 2.23. The van der Waals surface area contributed by atoms with Crippen LogP contribution in [-0.2, 0) is 14.4 Å². The summed E-state index contributed by atoms with van der Waals surface area (Å²) >= 11 is 0. The minimum absolute atomic E-state index is 0.0242. The Morgan fingerprint density at radius 2 is 1.50 bits per heavy atom. The largest absolute Gasteiger partial charge is 0.550 e. The quantitative estimate of drug-likeness (QED) is 0.681. The van der Waals surface area contributed by atoms with Gasteiger partial charge in [-0.3, -0.25) is 9.59 Å². The van der Waals surface area contributed by atoms with E-state index in [-0.39, 0.29) is 37.7 Å². The number of carboxylic acid groups (broad SMARTS) is 1. The highest BCUT2D eigenvalue weighted by Crippen LogP contribution is 2.10. The molecule has 0 unspecified atom stereocenters. The molecule has 1 aromatic rings. The molecule has 0 atom stereocenters. The number of hydrogen-bond acceptors (Lipinski definition) is 5. The van der Waals surface area contributed by atoms with E-state index in [0.717, 1.165) is 0 Å². The molecule has 2 amide bonds. The van der Waals surface area contributed by atoms with Gasteiger partial charge in [-0.05, 0) is 25.0 Å². The molecule has 0 aromatic heterocycles. The van der Waals surface area contributed by atoms with Gasteiger partial charge in [-0.1, -0.05) is 18.2 Å². The van der Waals surface area contributed by atoms with Crippen molar-refractivity contribution in [2.24, 2.45) is 0 Å². The molecule has 1 saturated heterocycles. The van der Waals surface area contributed by atoms with Gasteiger partial charge >= 0.3 is 0 Å². The zero-order valence-electron chi connectivity index (χ0n) is 13.5. The van der Waals surface area contributed by atoms with Crippen LogP contribution >= 0.6 is 0 Å². The summed E-state index contributed by atoms with van der Waals surface area (Å²) in [5.74, 6) is -0.684. The third kappa shape index (κ3) is 5.57. The van der Waals surface area contributed by atoms with Gasteiger partial charge in [0.15, 0.2) is 6.61 Å². The summed E-state index contributed by atoms with van der Waals surface area (Å²) in [5, 5.41) is 10.3. The molecule has 0 aliphatic carbocycles. The predicted octanol–water partition coefficient (Wildman–Crippen LogP) is -0.344. The van der Waals surface area contributed by atoms with Crippen LogP contribution in [0.5, 0.6) is 5.75 Å². The van der Waals surface area contributed by atoms with Gasteiger partial charge in [-0.15, -0.1) is 0 Å². The maximum absolute atomic E-state index is 12.1. The molecule has 7 nitrogen and oxygen atoms in total. The van der Waals surface area contributed by atoms with Crippen LogP contribution in [0, 0.1) is 0 Å². The molecule has 7 heteroatoms. The topological polar surface area (TPSA) is 90.0 Å². The van der Waals surface area contributed by atoms with E-state index in [1.165, 1.54) is 0 Å². The minimum atomic E-state index is -1.14. The van der Waals surface area contributed by atoms with Crippen molar-refractivity contribution in [1.29, 1.82) is 0 Å². The first-order chi connectivity index (χ1) is 11.6. The van der Waals surface area contributed by atoms with Crippen LogP contribution in [-0.4, -0.2) is 60.4 Å². The Kier molecular flexibility index (Phi) is 6.60. The standard InChI is InChI=1S/C17H22N2O5/c20-15(7-4-8-17(22)23)18-9-11-19(12-10-18)16(21)13-24-14-5-2-1-3-6-14/h1-3,5-6H,4,7-13H2,(H,22,23)/p-1. The van der Waals surface area contributed by atoms with Crippen molar-refractivity contribution >= 4 is 17.8 Å². The molecule has 0 radical (unpaired) electrons. The highest BCUT2D eigenvalue weighted by atomic mass is 16.5. The molecule has 2 rings (SSSR count). The van der Waals surface area contributed by atoms with Crippen molar-refractivity contribution in [2.45, 2.75) is 19.3 Å². The number of ether oxygens (including phenoxy) is 1. The van der Waals surface area contributed by atoms with Crippen LogP contribution in [0.1, 0.15) is 19.3 Å². The van der Waals surface area contributed by atoms with Crippen molar-refractivity contribution < 1.29 is 24.2 Å². The minimum Gasteiger partial charge on any atom is -0.550 e. The summed E-state index contributed by atoms with van der Waals surface area (Å²) < 4.78 is 5.44. The zero-order valence-corrected chi connectivity index (χ0v) is 13.5. The molecule has 1 aromatic carbocycles. The first-order valence-electron chi connectivity index (χ1n) is 7.99. The fourth-order valence-electron chi connectivity index (χ4n) is 2.50. The van der Waals surface area contributed by atoms with Crippen LogP contribution in [0.15, 0.2) is 30.3 Å². The molecule has 0 spiro atoms. The van der Waals surface area contributed by atoms with Gasteiger partial charge in [0.25, 0.3) is 5.91 Å². The summed E-state index contributed by atoms with van der Waals surface area (Å²) in [6, 6.07) is 9.13. The first kappa shape index (κ1) is 17.8. The highest BCUT2D eigenvalue weighted by molar-refractivity contribution is 5.79. The van der Waals surface area contributed by atoms with E-state index in [1.807, 2.05) is 18.2 Å². The van der Waals surface area contributed by atoms with Gasteiger partial charge in [0, 0.05) is 38.6 Å². The van der Waals surface area contributed by atoms with Crippen LogP contribution in [0.3, 0.4) is 0 Å². The number of carboxylic acids is 1. The molecule has 1 aliphatic rings. The summed E-state index contributed by atoms with van der Waals surface area (Å²) in [7, 11) is 0. The van der Waals surface area contributed by atoms with E-state index >= 15 is 0 Å². The van der Waals surface area contributed by atoms with E-state index in [1.54, 1.807) is 21.9 Å². The lowest BCUT2D eigenvalue weighted by Crippen LogP contribution is -2.51. The third-order valence-electron chi connectivity index (χ3n) is 3.86. The molecule has 0 N–H and O–H groups in total. The van der Waals surface area contributed by atoms with E-state index < -0.39 is 5.97 Å². The maximum atomic E-state index is 12.1. The number of benzene rings is 1. The number of rotatable bonds is 7. The van der Waals surface area contributed by atoms with Crippen molar-refractivity contribution in [1.82, 2.24) is 9.80 Å². The van der Waals surface area contributed by atoms with Crippen molar-refractivity contribution in [2.75, 3.05) is 32.8 Å². The number of amides is 2. The average Bonchev–Trinajstić information content (AvgIpc) is 2.60. The van der Waals surface area contributed by atoms with Gasteiger partial charge < -0.3 is 24.4 Å². The van der Waals surface area contributed by atoms with E-state index in [0.29, 0.717) is 31.9 Å². The zero-order chi connectivity index (χ0) is 17.4. The van der Waals surface area contributed by atoms with Crippen LogP contribution in [0.2, 0.25) is 0 Å². The molecule has 0 saturated carbocycles. The number of carbonyl (C=O) groups excluding carboxylic acids is 3. The maximum Gasteiger partial charge on any atom is 0.260 e. The second-order valence-electron chi connectivity index (χ2n) is 5.59. The third-order valence-corrected chi connectivity index (χ3v) is 3.86. The Morgan fingerprint density at radius 3 is 2.08 bits per heavy atom. The van der Waals surface area contributed by atoms with Crippen molar-refractivity contribution in [3.8, 4) is 5.75 Å². The lowest BCUT2D eigenvalue weighted by atomic mass is 10.2. The van der Waals surface area contributed by atoms with Crippen LogP contribution < -0.4 is 9.84 Å². The second-order valence-corrected chi connectivity index (χ2v) is 5.59. The smallest absolute Gasteiger partial charge is 0.260 e. The first-order valence-corrected chi connectivity index (χ1v) is 7.99. The summed E-state index contributed by atoms with van der Waals surface area (Å²) in [6.45, 7) is 1.82. The molecule has 1 fully saturated rings. The fraction of sp³-hybridized carbons (Fsp3) is 0.471. The number of carbonyl (C=O) groups is 3. The van der Waals surface area contributed by atoms with Gasteiger partial charge in [0.2, 0.25) is 5.91 Å². The molecule has 1 aliphatic heterocycles. The lowest BCUT2D eigenvalue weighted by molar-refractivity contribution is -0.305. The lowest BCUT2D eigenvalue weighted by Gasteiger charge is -2.34. The number of nitrogens with zero attached hydrogens (tertiary/aromatic N) is 2.